The monoisotopic (exact) mass is 205 g/mol. The lowest BCUT2D eigenvalue weighted by atomic mass is 10.0. The molecule has 1 aliphatic carbocycles. The average molecular weight is 205 g/mol. The number of pyridine rings is 1. The van der Waals surface area contributed by atoms with Crippen molar-refractivity contribution >= 4 is 5.82 Å². The van der Waals surface area contributed by atoms with Gasteiger partial charge in [0.05, 0.1) is 0 Å². The molecule has 0 aliphatic heterocycles. The molecule has 0 radical (unpaired) electrons. The highest BCUT2D eigenvalue weighted by atomic mass is 14.8. The fourth-order valence-corrected chi connectivity index (χ4v) is 1.95. The Kier molecular flexibility index (Phi) is 3.21. The van der Waals surface area contributed by atoms with Gasteiger partial charge in [0.15, 0.2) is 0 Å². The summed E-state index contributed by atoms with van der Waals surface area (Å²) < 4.78 is 0. The van der Waals surface area contributed by atoms with Gasteiger partial charge in [-0.15, -0.1) is 0 Å². The molecule has 0 amide bonds. The first-order chi connectivity index (χ1) is 7.27. The molecule has 1 fully saturated rings. The molecule has 1 aliphatic rings. The number of nitrogen functional groups attached to an aromatic ring is 1. The van der Waals surface area contributed by atoms with Gasteiger partial charge in [0.25, 0.3) is 0 Å². The topological polar surface area (TPSA) is 64.9 Å². The maximum Gasteiger partial charge on any atom is 0.126 e. The third-order valence-electron chi connectivity index (χ3n) is 3.14. The molecule has 0 saturated heterocycles. The minimum atomic E-state index is 0.405. The van der Waals surface area contributed by atoms with Gasteiger partial charge in [-0.25, -0.2) is 4.98 Å². The number of hydrogen-bond donors (Lipinski definition) is 2. The Hall–Kier alpha value is -1.09. The van der Waals surface area contributed by atoms with Crippen LogP contribution in [0.2, 0.25) is 0 Å². The van der Waals surface area contributed by atoms with E-state index < -0.39 is 0 Å². The molecule has 1 heterocycles. The number of aryl methyl sites for hydroxylation is 1. The van der Waals surface area contributed by atoms with Gasteiger partial charge in [-0.05, 0) is 49.7 Å². The number of anilines is 1. The molecule has 1 aromatic heterocycles. The molecule has 0 aromatic carbocycles. The largest absolute Gasteiger partial charge is 0.383 e. The molecule has 0 spiro atoms. The van der Waals surface area contributed by atoms with Crippen molar-refractivity contribution in [2.45, 2.75) is 38.1 Å². The van der Waals surface area contributed by atoms with Gasteiger partial charge in [-0.2, -0.15) is 0 Å². The first kappa shape index (κ1) is 10.4. The zero-order chi connectivity index (χ0) is 10.7. The quantitative estimate of drug-likeness (QED) is 0.769. The lowest BCUT2D eigenvalue weighted by molar-refractivity contribution is 0.528. The summed E-state index contributed by atoms with van der Waals surface area (Å²) in [6.07, 6.45) is 7.62. The fraction of sp³-hybridized carbons (Fsp3) is 0.583. The second-order valence-corrected chi connectivity index (χ2v) is 4.44. The third kappa shape index (κ3) is 2.93. The van der Waals surface area contributed by atoms with Gasteiger partial charge < -0.3 is 11.5 Å². The molecule has 1 aromatic rings. The fourth-order valence-electron chi connectivity index (χ4n) is 1.95. The highest BCUT2D eigenvalue weighted by Gasteiger charge is 2.27. The molecule has 1 atom stereocenters. The van der Waals surface area contributed by atoms with Crippen molar-refractivity contribution in [1.29, 1.82) is 0 Å². The molecule has 1 unspecified atom stereocenters. The summed E-state index contributed by atoms with van der Waals surface area (Å²) in [7, 11) is 0. The summed E-state index contributed by atoms with van der Waals surface area (Å²) in [5.41, 5.74) is 13.0. The normalized spacial score (nSPS) is 17.7. The van der Waals surface area contributed by atoms with Crippen molar-refractivity contribution in [3.63, 3.8) is 0 Å². The zero-order valence-corrected chi connectivity index (χ0v) is 9.02. The molecule has 1 saturated carbocycles. The van der Waals surface area contributed by atoms with Crippen LogP contribution in [-0.4, -0.2) is 11.0 Å². The van der Waals surface area contributed by atoms with E-state index in [-0.39, 0.29) is 0 Å². The Morgan fingerprint density at radius 3 is 2.93 bits per heavy atom. The summed E-state index contributed by atoms with van der Waals surface area (Å²) in [5, 5.41) is 0. The van der Waals surface area contributed by atoms with E-state index in [0.717, 1.165) is 30.7 Å². The predicted octanol–water partition coefficient (Wildman–Crippen LogP) is 1.72. The minimum Gasteiger partial charge on any atom is -0.383 e. The van der Waals surface area contributed by atoms with Crippen molar-refractivity contribution in [2.75, 3.05) is 5.73 Å². The first-order valence-corrected chi connectivity index (χ1v) is 5.72. The van der Waals surface area contributed by atoms with Crippen LogP contribution in [0.5, 0.6) is 0 Å². The zero-order valence-electron chi connectivity index (χ0n) is 9.02. The summed E-state index contributed by atoms with van der Waals surface area (Å²) in [4.78, 5) is 4.07. The van der Waals surface area contributed by atoms with Crippen LogP contribution >= 0.6 is 0 Å². The Balaban J connectivity index is 1.75. The number of rotatable bonds is 5. The summed E-state index contributed by atoms with van der Waals surface area (Å²) in [6, 6.07) is 4.39. The number of nitrogens with zero attached hydrogens (tertiary/aromatic N) is 1. The molecule has 3 heteroatoms. The number of aromatic nitrogens is 1. The minimum absolute atomic E-state index is 0.405. The molecule has 3 nitrogen and oxygen atoms in total. The van der Waals surface area contributed by atoms with Crippen molar-refractivity contribution < 1.29 is 0 Å². The second kappa shape index (κ2) is 4.62. The SMILES string of the molecule is Nc1ncccc1CCCC(N)C1CC1. The Morgan fingerprint density at radius 1 is 1.47 bits per heavy atom. The Morgan fingerprint density at radius 2 is 2.27 bits per heavy atom. The van der Waals surface area contributed by atoms with Crippen LogP contribution in [0, 0.1) is 5.92 Å². The lowest BCUT2D eigenvalue weighted by Gasteiger charge is -2.10. The Bertz CT molecular complexity index is 320. The highest BCUT2D eigenvalue weighted by Crippen LogP contribution is 2.33. The molecular formula is C12H19N3. The van der Waals surface area contributed by atoms with Crippen molar-refractivity contribution in [1.82, 2.24) is 4.98 Å². The molecule has 4 N–H and O–H groups in total. The van der Waals surface area contributed by atoms with Crippen LogP contribution < -0.4 is 11.5 Å². The third-order valence-corrected chi connectivity index (χ3v) is 3.14. The predicted molar refractivity (Wildman–Crippen MR) is 62.3 cm³/mol. The Labute approximate surface area is 90.9 Å². The van der Waals surface area contributed by atoms with Crippen molar-refractivity contribution in [2.24, 2.45) is 11.7 Å². The smallest absolute Gasteiger partial charge is 0.126 e. The van der Waals surface area contributed by atoms with Crippen LogP contribution in [0.3, 0.4) is 0 Å². The maximum absolute atomic E-state index is 6.03. The molecular weight excluding hydrogens is 186 g/mol. The molecule has 0 bridgehead atoms. The van der Waals surface area contributed by atoms with E-state index in [1.54, 1.807) is 6.20 Å². The average Bonchev–Trinajstić information content (AvgIpc) is 3.04. The van der Waals surface area contributed by atoms with E-state index in [9.17, 15) is 0 Å². The van der Waals surface area contributed by atoms with Gasteiger partial charge in [-0.1, -0.05) is 6.07 Å². The van der Waals surface area contributed by atoms with E-state index in [1.807, 2.05) is 12.1 Å². The van der Waals surface area contributed by atoms with Gasteiger partial charge in [-0.3, -0.25) is 0 Å². The maximum atomic E-state index is 6.03. The second-order valence-electron chi connectivity index (χ2n) is 4.44. The molecule has 15 heavy (non-hydrogen) atoms. The summed E-state index contributed by atoms with van der Waals surface area (Å²) >= 11 is 0. The van der Waals surface area contributed by atoms with Gasteiger partial charge in [0.1, 0.15) is 5.82 Å². The van der Waals surface area contributed by atoms with Crippen LogP contribution in [-0.2, 0) is 6.42 Å². The lowest BCUT2D eigenvalue weighted by Crippen LogP contribution is -2.22. The van der Waals surface area contributed by atoms with Gasteiger partial charge in [0.2, 0.25) is 0 Å². The molecule has 2 rings (SSSR count). The van der Waals surface area contributed by atoms with Crippen molar-refractivity contribution in [3.05, 3.63) is 23.9 Å². The van der Waals surface area contributed by atoms with Crippen LogP contribution in [0.4, 0.5) is 5.82 Å². The van der Waals surface area contributed by atoms with E-state index in [0.29, 0.717) is 11.9 Å². The molecule has 82 valence electrons. The highest BCUT2D eigenvalue weighted by molar-refractivity contribution is 5.38. The van der Waals surface area contributed by atoms with Crippen molar-refractivity contribution in [3.8, 4) is 0 Å². The number of nitrogens with two attached hydrogens (primary N) is 2. The number of hydrogen-bond acceptors (Lipinski definition) is 3. The standard InChI is InChI=1S/C12H19N3/c13-11(9-6-7-9)5-1-3-10-4-2-8-15-12(10)14/h2,4,8-9,11H,1,3,5-7,13H2,(H2,14,15). The van der Waals surface area contributed by atoms with Crippen LogP contribution in [0.25, 0.3) is 0 Å². The van der Waals surface area contributed by atoms with E-state index in [4.69, 9.17) is 11.5 Å². The van der Waals surface area contributed by atoms with E-state index >= 15 is 0 Å². The summed E-state index contributed by atoms with van der Waals surface area (Å²) in [5.74, 6) is 1.47. The van der Waals surface area contributed by atoms with E-state index in [1.165, 1.54) is 12.8 Å². The van der Waals surface area contributed by atoms with E-state index in [2.05, 4.69) is 4.98 Å². The van der Waals surface area contributed by atoms with Gasteiger partial charge >= 0.3 is 0 Å². The summed E-state index contributed by atoms with van der Waals surface area (Å²) in [6.45, 7) is 0. The first-order valence-electron chi connectivity index (χ1n) is 5.72. The van der Waals surface area contributed by atoms with Crippen LogP contribution in [0.15, 0.2) is 18.3 Å². The van der Waals surface area contributed by atoms with Gasteiger partial charge in [0, 0.05) is 12.2 Å². The van der Waals surface area contributed by atoms with Crippen LogP contribution in [0.1, 0.15) is 31.2 Å².